The average molecular weight is 280 g/mol. The fourth-order valence-electron chi connectivity index (χ4n) is 2.57. The molecule has 12 heavy (non-hydrogen) atoms. The van der Waals surface area contributed by atoms with Crippen molar-refractivity contribution < 1.29 is 4.74 Å². The first-order chi connectivity index (χ1) is 5.85. The highest BCUT2D eigenvalue weighted by Gasteiger charge is 2.40. The lowest BCUT2D eigenvalue weighted by atomic mass is 9.83. The third kappa shape index (κ3) is 1.79. The number of halogens is 1. The molecule has 1 saturated heterocycles. The Morgan fingerprint density at radius 2 is 1.92 bits per heavy atom. The fraction of sp³-hybridized carbons (Fsp3) is 1.00. The van der Waals surface area contributed by atoms with Crippen LogP contribution in [0.3, 0.4) is 0 Å². The maximum absolute atomic E-state index is 6.13. The van der Waals surface area contributed by atoms with Crippen LogP contribution in [0.4, 0.5) is 0 Å². The smallest absolute Gasteiger partial charge is 0.0687 e. The summed E-state index contributed by atoms with van der Waals surface area (Å²) in [6.07, 6.45) is 10.1. The molecule has 2 aliphatic rings. The van der Waals surface area contributed by atoms with Gasteiger partial charge in [-0.2, -0.15) is 0 Å². The molecule has 0 amide bonds. The Morgan fingerprint density at radius 3 is 2.50 bits per heavy atom. The van der Waals surface area contributed by atoms with Crippen LogP contribution < -0.4 is 0 Å². The van der Waals surface area contributed by atoms with E-state index >= 15 is 0 Å². The van der Waals surface area contributed by atoms with Gasteiger partial charge in [-0.25, -0.2) is 0 Å². The molecule has 1 atom stereocenters. The number of ether oxygens (including phenoxy) is 1. The zero-order valence-electron chi connectivity index (χ0n) is 7.52. The van der Waals surface area contributed by atoms with E-state index in [4.69, 9.17) is 4.74 Å². The largest absolute Gasteiger partial charge is 0.371 e. The van der Waals surface area contributed by atoms with Crippen molar-refractivity contribution in [1.29, 1.82) is 0 Å². The molecule has 0 radical (unpaired) electrons. The number of hydrogen-bond acceptors (Lipinski definition) is 1. The molecule has 2 fully saturated rings. The molecule has 0 aromatic carbocycles. The molecular formula is C10H17IO. The average Bonchev–Trinajstić information content (AvgIpc) is 2.50. The van der Waals surface area contributed by atoms with Crippen molar-refractivity contribution in [2.45, 2.75) is 56.7 Å². The van der Waals surface area contributed by atoms with E-state index in [0.29, 0.717) is 11.7 Å². The van der Waals surface area contributed by atoms with Crippen LogP contribution >= 0.6 is 22.6 Å². The van der Waals surface area contributed by atoms with Crippen molar-refractivity contribution in [2.75, 3.05) is 4.43 Å². The van der Waals surface area contributed by atoms with Crippen molar-refractivity contribution in [1.82, 2.24) is 0 Å². The Labute approximate surface area is 88.4 Å². The Morgan fingerprint density at radius 1 is 1.17 bits per heavy atom. The summed E-state index contributed by atoms with van der Waals surface area (Å²) in [5.74, 6) is 0. The topological polar surface area (TPSA) is 9.23 Å². The molecule has 1 nitrogen and oxygen atoms in total. The Kier molecular flexibility index (Phi) is 2.95. The second kappa shape index (κ2) is 3.82. The quantitative estimate of drug-likeness (QED) is 0.529. The van der Waals surface area contributed by atoms with Crippen LogP contribution in [0.1, 0.15) is 44.9 Å². The van der Waals surface area contributed by atoms with Gasteiger partial charge in [0, 0.05) is 4.43 Å². The van der Waals surface area contributed by atoms with Crippen molar-refractivity contribution in [3.8, 4) is 0 Å². The summed E-state index contributed by atoms with van der Waals surface area (Å²) in [6.45, 7) is 0. The van der Waals surface area contributed by atoms with E-state index in [1.807, 2.05) is 0 Å². The van der Waals surface area contributed by atoms with Gasteiger partial charge in [-0.3, -0.25) is 0 Å². The highest BCUT2D eigenvalue weighted by molar-refractivity contribution is 14.1. The summed E-state index contributed by atoms with van der Waals surface area (Å²) < 4.78 is 7.31. The molecule has 1 aliphatic heterocycles. The third-order valence-electron chi connectivity index (χ3n) is 3.28. The minimum absolute atomic E-state index is 0.341. The molecule has 1 heterocycles. The van der Waals surface area contributed by atoms with Crippen LogP contribution in [0, 0.1) is 0 Å². The van der Waals surface area contributed by atoms with E-state index in [9.17, 15) is 0 Å². The van der Waals surface area contributed by atoms with Crippen LogP contribution in [0.25, 0.3) is 0 Å². The standard InChI is InChI=1S/C10H17IO/c11-8-9-4-7-10(12-9)5-2-1-3-6-10/h9H,1-8H2. The first-order valence-corrected chi connectivity index (χ1v) is 6.61. The summed E-state index contributed by atoms with van der Waals surface area (Å²) >= 11 is 2.44. The van der Waals surface area contributed by atoms with E-state index in [1.54, 1.807) is 0 Å². The molecule has 1 unspecified atom stereocenters. The van der Waals surface area contributed by atoms with Crippen molar-refractivity contribution in [3.05, 3.63) is 0 Å². The zero-order chi connectivity index (χ0) is 8.44. The molecule has 0 aromatic heterocycles. The summed E-state index contributed by atoms with van der Waals surface area (Å²) in [5.41, 5.74) is 0.341. The van der Waals surface area contributed by atoms with Gasteiger partial charge < -0.3 is 4.74 Å². The Balaban J connectivity index is 1.94. The molecule has 2 heteroatoms. The van der Waals surface area contributed by atoms with Gasteiger partial charge >= 0.3 is 0 Å². The molecule has 1 saturated carbocycles. The van der Waals surface area contributed by atoms with Gasteiger partial charge in [0.15, 0.2) is 0 Å². The molecule has 1 spiro atoms. The van der Waals surface area contributed by atoms with Gasteiger partial charge in [-0.1, -0.05) is 41.9 Å². The second-order valence-electron chi connectivity index (χ2n) is 4.18. The monoisotopic (exact) mass is 280 g/mol. The predicted molar refractivity (Wildman–Crippen MR) is 58.8 cm³/mol. The van der Waals surface area contributed by atoms with Crippen molar-refractivity contribution >= 4 is 22.6 Å². The van der Waals surface area contributed by atoms with Crippen molar-refractivity contribution in [2.24, 2.45) is 0 Å². The molecule has 0 bridgehead atoms. The van der Waals surface area contributed by atoms with Gasteiger partial charge in [-0.15, -0.1) is 0 Å². The lowest BCUT2D eigenvalue weighted by Gasteiger charge is -2.33. The summed E-state index contributed by atoms with van der Waals surface area (Å²) in [4.78, 5) is 0. The van der Waals surface area contributed by atoms with Gasteiger partial charge in [0.2, 0.25) is 0 Å². The summed E-state index contributed by atoms with van der Waals surface area (Å²) in [7, 11) is 0. The molecule has 70 valence electrons. The van der Waals surface area contributed by atoms with E-state index in [-0.39, 0.29) is 0 Å². The molecule has 1 aliphatic carbocycles. The lowest BCUT2D eigenvalue weighted by molar-refractivity contribution is -0.0546. The maximum atomic E-state index is 6.13. The first-order valence-electron chi connectivity index (χ1n) is 5.08. The SMILES string of the molecule is ICC1CCC2(CCCCC2)O1. The normalized spacial score (nSPS) is 34.2. The summed E-state index contributed by atoms with van der Waals surface area (Å²) in [6, 6.07) is 0. The highest BCUT2D eigenvalue weighted by atomic mass is 127. The predicted octanol–water partition coefficient (Wildman–Crippen LogP) is 3.30. The fourth-order valence-corrected chi connectivity index (χ4v) is 3.19. The molecular weight excluding hydrogens is 263 g/mol. The van der Waals surface area contributed by atoms with Crippen LogP contribution in [0.5, 0.6) is 0 Å². The maximum Gasteiger partial charge on any atom is 0.0687 e. The number of rotatable bonds is 1. The minimum Gasteiger partial charge on any atom is -0.371 e. The van der Waals surface area contributed by atoms with Crippen LogP contribution in [0.15, 0.2) is 0 Å². The first kappa shape index (κ1) is 9.25. The van der Waals surface area contributed by atoms with Gasteiger partial charge in [0.25, 0.3) is 0 Å². The van der Waals surface area contributed by atoms with Gasteiger partial charge in [-0.05, 0) is 25.7 Å². The number of hydrogen-bond donors (Lipinski definition) is 0. The summed E-state index contributed by atoms with van der Waals surface area (Å²) in [5, 5.41) is 0. The Hall–Kier alpha value is 0.690. The van der Waals surface area contributed by atoms with E-state index in [2.05, 4.69) is 22.6 Å². The second-order valence-corrected chi connectivity index (χ2v) is 5.06. The van der Waals surface area contributed by atoms with E-state index in [1.165, 1.54) is 49.4 Å². The Bertz CT molecular complexity index is 152. The van der Waals surface area contributed by atoms with Crippen LogP contribution in [-0.4, -0.2) is 16.1 Å². The minimum atomic E-state index is 0.341. The van der Waals surface area contributed by atoms with Crippen LogP contribution in [-0.2, 0) is 4.74 Å². The lowest BCUT2D eigenvalue weighted by Crippen LogP contribution is -2.31. The van der Waals surface area contributed by atoms with Crippen LogP contribution in [0.2, 0.25) is 0 Å². The molecule has 2 rings (SSSR count). The molecule has 0 aromatic rings. The zero-order valence-corrected chi connectivity index (χ0v) is 9.68. The van der Waals surface area contributed by atoms with Gasteiger partial charge in [0.1, 0.15) is 0 Å². The highest BCUT2D eigenvalue weighted by Crippen LogP contribution is 2.42. The van der Waals surface area contributed by atoms with Gasteiger partial charge in [0.05, 0.1) is 11.7 Å². The van der Waals surface area contributed by atoms with E-state index in [0.717, 1.165) is 0 Å². The molecule has 0 N–H and O–H groups in total. The number of alkyl halides is 1. The van der Waals surface area contributed by atoms with Crippen molar-refractivity contribution in [3.63, 3.8) is 0 Å². The third-order valence-corrected chi connectivity index (χ3v) is 4.26. The van der Waals surface area contributed by atoms with E-state index < -0.39 is 0 Å².